The number of hydrogen-bond donors (Lipinski definition) is 1. The molecule has 2 fully saturated rings. The monoisotopic (exact) mass is 321 g/mol. The summed E-state index contributed by atoms with van der Waals surface area (Å²) in [5, 5.41) is 3.25. The van der Waals surface area contributed by atoms with Crippen LogP contribution in [-0.4, -0.2) is 68.1 Å². The van der Waals surface area contributed by atoms with Crippen molar-refractivity contribution in [3.63, 3.8) is 0 Å². The minimum absolute atomic E-state index is 0.209. The van der Waals surface area contributed by atoms with Crippen LogP contribution >= 0.6 is 0 Å². The summed E-state index contributed by atoms with van der Waals surface area (Å²) in [6.45, 7) is 6.03. The van der Waals surface area contributed by atoms with E-state index < -0.39 is 0 Å². The van der Waals surface area contributed by atoms with Gasteiger partial charge in [-0.15, -0.1) is 0 Å². The lowest BCUT2D eigenvalue weighted by atomic mass is 10.1. The molecule has 2 aliphatic heterocycles. The number of rotatable bonds is 4. The molecule has 1 aromatic carbocycles. The molecule has 0 bridgehead atoms. The third kappa shape index (κ3) is 4.28. The van der Waals surface area contributed by atoms with Crippen molar-refractivity contribution in [2.45, 2.75) is 12.5 Å². The molecule has 3 rings (SSSR count). The molecule has 1 aromatic rings. The van der Waals surface area contributed by atoms with Crippen LogP contribution in [0.4, 0.5) is 4.39 Å². The number of ether oxygens (including phenoxy) is 1. The number of morpholine rings is 1. The quantitative estimate of drug-likeness (QED) is 0.899. The van der Waals surface area contributed by atoms with Crippen molar-refractivity contribution in [1.29, 1.82) is 0 Å². The van der Waals surface area contributed by atoms with E-state index in [0.29, 0.717) is 31.7 Å². The van der Waals surface area contributed by atoms with E-state index in [2.05, 4.69) is 10.2 Å². The summed E-state index contributed by atoms with van der Waals surface area (Å²) in [6.07, 6.45) is 0.267. The molecule has 126 valence electrons. The molecule has 0 aromatic heterocycles. The van der Waals surface area contributed by atoms with E-state index in [1.54, 1.807) is 12.1 Å². The zero-order valence-corrected chi connectivity index (χ0v) is 13.3. The van der Waals surface area contributed by atoms with Gasteiger partial charge in [-0.05, 0) is 6.07 Å². The molecular formula is C17H24FN3O2. The summed E-state index contributed by atoms with van der Waals surface area (Å²) in [4.78, 5) is 16.3. The van der Waals surface area contributed by atoms with Gasteiger partial charge in [-0.25, -0.2) is 4.39 Å². The van der Waals surface area contributed by atoms with E-state index in [1.165, 1.54) is 6.07 Å². The van der Waals surface area contributed by atoms with E-state index in [1.807, 2.05) is 11.0 Å². The Morgan fingerprint density at radius 1 is 1.26 bits per heavy atom. The first-order valence-electron chi connectivity index (χ1n) is 8.31. The molecule has 5 nitrogen and oxygen atoms in total. The molecule has 2 aliphatic rings. The van der Waals surface area contributed by atoms with Crippen LogP contribution in [0.2, 0.25) is 0 Å². The van der Waals surface area contributed by atoms with Crippen LogP contribution in [-0.2, 0) is 9.53 Å². The topological polar surface area (TPSA) is 44.8 Å². The Bertz CT molecular complexity index is 534. The number of nitrogens with one attached hydrogen (secondary N) is 1. The zero-order valence-electron chi connectivity index (χ0n) is 13.3. The second-order valence-electron chi connectivity index (χ2n) is 6.06. The van der Waals surface area contributed by atoms with Gasteiger partial charge in [0, 0.05) is 57.8 Å². The molecule has 0 saturated carbocycles. The lowest BCUT2D eigenvalue weighted by Gasteiger charge is -2.34. The molecule has 23 heavy (non-hydrogen) atoms. The largest absolute Gasteiger partial charge is 0.371 e. The number of carbonyl (C=O) groups excluding carboxylic acids is 1. The molecule has 0 aliphatic carbocycles. The molecule has 6 heteroatoms. The second kappa shape index (κ2) is 7.86. The average Bonchev–Trinajstić information content (AvgIpc) is 2.61. The highest BCUT2D eigenvalue weighted by Crippen LogP contribution is 2.24. The van der Waals surface area contributed by atoms with Crippen molar-refractivity contribution in [3.8, 4) is 0 Å². The van der Waals surface area contributed by atoms with Crippen LogP contribution in [0.1, 0.15) is 18.1 Å². The summed E-state index contributed by atoms with van der Waals surface area (Å²) in [5.41, 5.74) is 0.602. The minimum atomic E-state index is -0.251. The lowest BCUT2D eigenvalue weighted by Crippen LogP contribution is -2.47. The maximum Gasteiger partial charge on any atom is 0.223 e. The van der Waals surface area contributed by atoms with Crippen LogP contribution in [0.25, 0.3) is 0 Å². The number of piperazine rings is 1. The first-order chi connectivity index (χ1) is 11.2. The summed E-state index contributed by atoms with van der Waals surface area (Å²) >= 11 is 0. The van der Waals surface area contributed by atoms with Crippen LogP contribution in [0.3, 0.4) is 0 Å². The lowest BCUT2D eigenvalue weighted by molar-refractivity contribution is -0.132. The standard InChI is InChI=1S/C17H24FN3O2/c18-15-4-2-1-3-14(15)16-13-20(11-12-23-16)8-5-17(22)21-9-6-19-7-10-21/h1-4,16,19H,5-13H2. The molecule has 0 spiro atoms. The minimum Gasteiger partial charge on any atom is -0.371 e. The van der Waals surface area contributed by atoms with Crippen molar-refractivity contribution >= 4 is 5.91 Å². The normalized spacial score (nSPS) is 23.0. The average molecular weight is 321 g/mol. The summed E-state index contributed by atoms with van der Waals surface area (Å²) in [5.74, 6) is -0.0170. The summed E-state index contributed by atoms with van der Waals surface area (Å²) < 4.78 is 19.6. The van der Waals surface area contributed by atoms with E-state index in [4.69, 9.17) is 4.74 Å². The van der Waals surface area contributed by atoms with Gasteiger partial charge in [0.15, 0.2) is 0 Å². The summed E-state index contributed by atoms with van der Waals surface area (Å²) in [7, 11) is 0. The number of benzene rings is 1. The Labute approximate surface area is 136 Å². The molecule has 1 N–H and O–H groups in total. The SMILES string of the molecule is O=C(CCN1CCOC(c2ccccc2F)C1)N1CCNCC1. The van der Waals surface area contributed by atoms with Crippen LogP contribution in [0, 0.1) is 5.82 Å². The molecule has 1 amide bonds. The number of halogens is 1. The van der Waals surface area contributed by atoms with E-state index in [0.717, 1.165) is 32.7 Å². The Balaban J connectivity index is 1.51. The first kappa shape index (κ1) is 16.4. The molecular weight excluding hydrogens is 297 g/mol. The molecule has 1 atom stereocenters. The Morgan fingerprint density at radius 3 is 2.83 bits per heavy atom. The fourth-order valence-corrected chi connectivity index (χ4v) is 3.16. The predicted octanol–water partition coefficient (Wildman–Crippen LogP) is 1.02. The number of amides is 1. The Kier molecular flexibility index (Phi) is 5.59. The number of carbonyl (C=O) groups is 1. The maximum atomic E-state index is 13.9. The fraction of sp³-hybridized carbons (Fsp3) is 0.588. The highest BCUT2D eigenvalue weighted by atomic mass is 19.1. The molecule has 0 radical (unpaired) electrons. The third-order valence-corrected chi connectivity index (χ3v) is 4.51. The van der Waals surface area contributed by atoms with Crippen molar-refractivity contribution < 1.29 is 13.9 Å². The van der Waals surface area contributed by atoms with Gasteiger partial charge in [-0.2, -0.15) is 0 Å². The van der Waals surface area contributed by atoms with Gasteiger partial charge >= 0.3 is 0 Å². The van der Waals surface area contributed by atoms with E-state index in [-0.39, 0.29) is 17.8 Å². The van der Waals surface area contributed by atoms with Crippen LogP contribution < -0.4 is 5.32 Å². The van der Waals surface area contributed by atoms with Crippen molar-refractivity contribution in [3.05, 3.63) is 35.6 Å². The van der Waals surface area contributed by atoms with Gasteiger partial charge in [0.2, 0.25) is 5.91 Å². The predicted molar refractivity (Wildman–Crippen MR) is 85.6 cm³/mol. The maximum absolute atomic E-state index is 13.9. The van der Waals surface area contributed by atoms with Gasteiger partial charge in [-0.3, -0.25) is 9.69 Å². The molecule has 2 heterocycles. The van der Waals surface area contributed by atoms with Gasteiger partial charge in [0.05, 0.1) is 12.7 Å². The third-order valence-electron chi connectivity index (χ3n) is 4.51. The second-order valence-corrected chi connectivity index (χ2v) is 6.06. The van der Waals surface area contributed by atoms with Crippen molar-refractivity contribution in [2.24, 2.45) is 0 Å². The van der Waals surface area contributed by atoms with Crippen molar-refractivity contribution in [1.82, 2.24) is 15.1 Å². The van der Waals surface area contributed by atoms with E-state index in [9.17, 15) is 9.18 Å². The highest BCUT2D eigenvalue weighted by Gasteiger charge is 2.25. The summed E-state index contributed by atoms with van der Waals surface area (Å²) in [6, 6.07) is 6.75. The fourth-order valence-electron chi connectivity index (χ4n) is 3.16. The van der Waals surface area contributed by atoms with Gasteiger partial charge in [-0.1, -0.05) is 18.2 Å². The molecule has 2 saturated heterocycles. The zero-order chi connectivity index (χ0) is 16.1. The van der Waals surface area contributed by atoms with Gasteiger partial charge in [0.25, 0.3) is 0 Å². The highest BCUT2D eigenvalue weighted by molar-refractivity contribution is 5.76. The smallest absolute Gasteiger partial charge is 0.223 e. The Hall–Kier alpha value is -1.50. The van der Waals surface area contributed by atoms with Crippen LogP contribution in [0.15, 0.2) is 24.3 Å². The van der Waals surface area contributed by atoms with Gasteiger partial charge in [0.1, 0.15) is 5.82 Å². The Morgan fingerprint density at radius 2 is 2.04 bits per heavy atom. The van der Waals surface area contributed by atoms with E-state index >= 15 is 0 Å². The number of hydrogen-bond acceptors (Lipinski definition) is 4. The van der Waals surface area contributed by atoms with Crippen molar-refractivity contribution in [2.75, 3.05) is 52.4 Å². The van der Waals surface area contributed by atoms with Crippen LogP contribution in [0.5, 0.6) is 0 Å². The van der Waals surface area contributed by atoms with Gasteiger partial charge < -0.3 is 15.0 Å². The molecule has 1 unspecified atom stereocenters. The first-order valence-corrected chi connectivity index (χ1v) is 8.31. The number of nitrogens with zero attached hydrogens (tertiary/aromatic N) is 2.